The third-order valence-corrected chi connectivity index (χ3v) is 4.65. The molecule has 0 aromatic heterocycles. The van der Waals surface area contributed by atoms with Crippen molar-refractivity contribution >= 4 is 11.8 Å². The van der Waals surface area contributed by atoms with Gasteiger partial charge in [-0.05, 0) is 57.2 Å². The lowest BCUT2D eigenvalue weighted by Gasteiger charge is -2.37. The van der Waals surface area contributed by atoms with E-state index in [0.29, 0.717) is 19.6 Å². The highest BCUT2D eigenvalue weighted by atomic mass is 16.5. The van der Waals surface area contributed by atoms with Gasteiger partial charge in [0.05, 0.1) is 12.5 Å². The van der Waals surface area contributed by atoms with Crippen LogP contribution in [0.5, 0.6) is 5.75 Å². The number of likely N-dealkylation sites (tertiary alicyclic amines) is 1. The van der Waals surface area contributed by atoms with Gasteiger partial charge in [0.1, 0.15) is 5.75 Å². The first-order valence-corrected chi connectivity index (χ1v) is 8.75. The van der Waals surface area contributed by atoms with Crippen molar-refractivity contribution in [1.29, 1.82) is 0 Å². The number of carbonyl (C=O) groups excluding carboxylic acids is 2. The van der Waals surface area contributed by atoms with Gasteiger partial charge in [0.25, 0.3) is 0 Å². The topological polar surface area (TPSA) is 72.6 Å². The molecule has 2 rings (SSSR count). The SMILES string of the molecule is Cc1cccc(OCCCCC(=O)N2C[C@@H](C(N)=O)CC[C@@H]2C)c1. The Morgan fingerprint density at radius 1 is 1.29 bits per heavy atom. The minimum absolute atomic E-state index is 0.115. The molecule has 24 heavy (non-hydrogen) atoms. The zero-order valence-electron chi connectivity index (χ0n) is 14.7. The number of hydrogen-bond donors (Lipinski definition) is 1. The highest BCUT2D eigenvalue weighted by Gasteiger charge is 2.31. The third-order valence-electron chi connectivity index (χ3n) is 4.65. The summed E-state index contributed by atoms with van der Waals surface area (Å²) >= 11 is 0. The Labute approximate surface area is 144 Å². The molecule has 0 bridgehead atoms. The number of ether oxygens (including phenoxy) is 1. The fourth-order valence-electron chi connectivity index (χ4n) is 3.10. The number of nitrogens with two attached hydrogens (primary N) is 1. The number of benzene rings is 1. The molecule has 2 N–H and O–H groups in total. The number of piperidine rings is 1. The number of hydrogen-bond acceptors (Lipinski definition) is 3. The van der Waals surface area contributed by atoms with Crippen LogP contribution in [0.15, 0.2) is 24.3 Å². The number of primary amides is 1. The quantitative estimate of drug-likeness (QED) is 0.780. The van der Waals surface area contributed by atoms with Crippen LogP contribution < -0.4 is 10.5 Å². The Bertz CT molecular complexity index is 573. The van der Waals surface area contributed by atoms with Gasteiger partial charge in [-0.2, -0.15) is 0 Å². The van der Waals surface area contributed by atoms with Gasteiger partial charge in [-0.3, -0.25) is 9.59 Å². The Balaban J connectivity index is 1.69. The van der Waals surface area contributed by atoms with Crippen molar-refractivity contribution in [3.8, 4) is 5.75 Å². The van der Waals surface area contributed by atoms with Gasteiger partial charge in [-0.15, -0.1) is 0 Å². The summed E-state index contributed by atoms with van der Waals surface area (Å²) in [7, 11) is 0. The summed E-state index contributed by atoms with van der Waals surface area (Å²) in [6, 6.07) is 8.14. The molecule has 0 saturated carbocycles. The van der Waals surface area contributed by atoms with Crippen molar-refractivity contribution in [2.45, 2.75) is 52.0 Å². The van der Waals surface area contributed by atoms with E-state index < -0.39 is 0 Å². The fourth-order valence-corrected chi connectivity index (χ4v) is 3.10. The highest BCUT2D eigenvalue weighted by molar-refractivity contribution is 5.80. The molecule has 1 heterocycles. The Morgan fingerprint density at radius 2 is 2.08 bits per heavy atom. The molecule has 1 aliphatic heterocycles. The van der Waals surface area contributed by atoms with E-state index in [0.717, 1.165) is 31.4 Å². The standard InChI is InChI=1S/C19H28N2O3/c1-14-6-5-7-17(12-14)24-11-4-3-8-18(22)21-13-16(19(20)23)10-9-15(21)2/h5-7,12,15-16H,3-4,8-11,13H2,1-2H3,(H2,20,23)/t15-,16-/m0/s1. The van der Waals surface area contributed by atoms with E-state index >= 15 is 0 Å². The molecule has 0 aliphatic carbocycles. The van der Waals surface area contributed by atoms with Crippen molar-refractivity contribution < 1.29 is 14.3 Å². The van der Waals surface area contributed by atoms with Gasteiger partial charge in [-0.1, -0.05) is 12.1 Å². The van der Waals surface area contributed by atoms with Crippen molar-refractivity contribution in [2.75, 3.05) is 13.2 Å². The Hall–Kier alpha value is -2.04. The lowest BCUT2D eigenvalue weighted by Crippen LogP contribution is -2.48. The average Bonchev–Trinajstić information content (AvgIpc) is 2.54. The predicted molar refractivity (Wildman–Crippen MR) is 93.6 cm³/mol. The van der Waals surface area contributed by atoms with Crippen LogP contribution in [0.3, 0.4) is 0 Å². The van der Waals surface area contributed by atoms with Crippen LogP contribution in [0, 0.1) is 12.8 Å². The zero-order chi connectivity index (χ0) is 17.5. The molecule has 1 aromatic carbocycles. The first-order valence-electron chi connectivity index (χ1n) is 8.75. The molecule has 5 nitrogen and oxygen atoms in total. The molecule has 0 unspecified atom stereocenters. The number of aryl methyl sites for hydroxylation is 1. The second kappa shape index (κ2) is 8.71. The van der Waals surface area contributed by atoms with Crippen molar-refractivity contribution in [2.24, 2.45) is 11.7 Å². The van der Waals surface area contributed by atoms with Crippen LogP contribution in [0.1, 0.15) is 44.6 Å². The first kappa shape index (κ1) is 18.3. The summed E-state index contributed by atoms with van der Waals surface area (Å²) < 4.78 is 5.70. The van der Waals surface area contributed by atoms with E-state index in [1.165, 1.54) is 5.56 Å². The van der Waals surface area contributed by atoms with Gasteiger partial charge in [0.15, 0.2) is 0 Å². The molecule has 1 saturated heterocycles. The van der Waals surface area contributed by atoms with E-state index in [-0.39, 0.29) is 23.8 Å². The van der Waals surface area contributed by atoms with Crippen molar-refractivity contribution in [1.82, 2.24) is 4.90 Å². The van der Waals surface area contributed by atoms with Gasteiger partial charge in [0.2, 0.25) is 11.8 Å². The molecular formula is C19H28N2O3. The number of unbranched alkanes of at least 4 members (excludes halogenated alkanes) is 1. The number of carbonyl (C=O) groups is 2. The summed E-state index contributed by atoms with van der Waals surface area (Å²) in [5.41, 5.74) is 6.56. The van der Waals surface area contributed by atoms with Gasteiger partial charge < -0.3 is 15.4 Å². The van der Waals surface area contributed by atoms with Gasteiger partial charge >= 0.3 is 0 Å². The van der Waals surface area contributed by atoms with Gasteiger partial charge in [-0.25, -0.2) is 0 Å². The summed E-state index contributed by atoms with van der Waals surface area (Å²) in [6.45, 7) is 5.14. The summed E-state index contributed by atoms with van der Waals surface area (Å²) in [5, 5.41) is 0. The number of rotatable bonds is 7. The Morgan fingerprint density at radius 3 is 2.79 bits per heavy atom. The van der Waals surface area contributed by atoms with E-state index in [2.05, 4.69) is 0 Å². The predicted octanol–water partition coefficient (Wildman–Crippen LogP) is 2.66. The first-order chi connectivity index (χ1) is 11.5. The van der Waals surface area contributed by atoms with Crippen LogP contribution in [0.4, 0.5) is 0 Å². The Kier molecular flexibility index (Phi) is 6.64. The largest absolute Gasteiger partial charge is 0.494 e. The summed E-state index contributed by atoms with van der Waals surface area (Å²) in [6.07, 6.45) is 3.74. The fraction of sp³-hybridized carbons (Fsp3) is 0.579. The molecule has 1 aliphatic rings. The summed E-state index contributed by atoms with van der Waals surface area (Å²) in [4.78, 5) is 25.6. The number of nitrogens with zero attached hydrogens (tertiary/aromatic N) is 1. The van der Waals surface area contributed by atoms with Gasteiger partial charge in [0, 0.05) is 19.0 Å². The lowest BCUT2D eigenvalue weighted by atomic mass is 9.92. The van der Waals surface area contributed by atoms with Crippen LogP contribution in [-0.2, 0) is 9.59 Å². The normalized spacial score (nSPS) is 20.7. The second-order valence-corrected chi connectivity index (χ2v) is 6.69. The molecule has 0 spiro atoms. The molecular weight excluding hydrogens is 304 g/mol. The smallest absolute Gasteiger partial charge is 0.222 e. The maximum Gasteiger partial charge on any atom is 0.222 e. The molecule has 1 aromatic rings. The number of amides is 2. The zero-order valence-corrected chi connectivity index (χ0v) is 14.7. The van der Waals surface area contributed by atoms with Crippen LogP contribution in [-0.4, -0.2) is 35.9 Å². The van der Waals surface area contributed by atoms with Crippen molar-refractivity contribution in [3.63, 3.8) is 0 Å². The summed E-state index contributed by atoms with van der Waals surface area (Å²) in [5.74, 6) is 0.486. The average molecular weight is 332 g/mol. The minimum atomic E-state index is -0.300. The van der Waals surface area contributed by atoms with E-state index in [1.54, 1.807) is 0 Å². The molecule has 2 amide bonds. The van der Waals surface area contributed by atoms with Crippen LogP contribution >= 0.6 is 0 Å². The lowest BCUT2D eigenvalue weighted by molar-refractivity contribution is -0.137. The molecule has 0 radical (unpaired) electrons. The molecule has 5 heteroatoms. The monoisotopic (exact) mass is 332 g/mol. The van der Waals surface area contributed by atoms with E-state index in [4.69, 9.17) is 10.5 Å². The maximum atomic E-state index is 12.4. The minimum Gasteiger partial charge on any atom is -0.494 e. The maximum absolute atomic E-state index is 12.4. The highest BCUT2D eigenvalue weighted by Crippen LogP contribution is 2.23. The second-order valence-electron chi connectivity index (χ2n) is 6.69. The van der Waals surface area contributed by atoms with E-state index in [1.807, 2.05) is 43.0 Å². The molecule has 2 atom stereocenters. The van der Waals surface area contributed by atoms with Crippen LogP contribution in [0.25, 0.3) is 0 Å². The third kappa shape index (κ3) is 5.25. The van der Waals surface area contributed by atoms with E-state index in [9.17, 15) is 9.59 Å². The van der Waals surface area contributed by atoms with Crippen LogP contribution in [0.2, 0.25) is 0 Å². The molecule has 1 fully saturated rings. The molecule has 132 valence electrons. The van der Waals surface area contributed by atoms with Crippen molar-refractivity contribution in [3.05, 3.63) is 29.8 Å².